The van der Waals surface area contributed by atoms with Crippen molar-refractivity contribution >= 4 is 0 Å². The molecule has 2 N–H and O–H groups in total. The minimum absolute atomic E-state index is 0.448. The molecule has 1 aliphatic rings. The van der Waals surface area contributed by atoms with Gasteiger partial charge in [-0.15, -0.1) is 0 Å². The fourth-order valence-electron chi connectivity index (χ4n) is 2.30. The van der Waals surface area contributed by atoms with Crippen LogP contribution in [0.25, 0.3) is 0 Å². The summed E-state index contributed by atoms with van der Waals surface area (Å²) in [5, 5.41) is 6.64. The highest BCUT2D eigenvalue weighted by atomic mass is 16.3. The molecule has 1 aliphatic heterocycles. The molecule has 2 unspecified atom stereocenters. The highest BCUT2D eigenvalue weighted by Crippen LogP contribution is 2.16. The number of hydrogen-bond acceptors (Lipinski definition) is 4. The molecule has 0 aromatic carbocycles. The van der Waals surface area contributed by atoms with Gasteiger partial charge in [-0.2, -0.15) is 0 Å². The van der Waals surface area contributed by atoms with E-state index in [-0.39, 0.29) is 0 Å². The van der Waals surface area contributed by atoms with E-state index in [4.69, 9.17) is 4.42 Å². The van der Waals surface area contributed by atoms with Crippen molar-refractivity contribution in [3.05, 3.63) is 17.8 Å². The molecule has 4 heteroatoms. The topological polar surface area (TPSA) is 50.1 Å². The second-order valence-electron chi connectivity index (χ2n) is 5.04. The summed E-state index contributed by atoms with van der Waals surface area (Å²) in [6, 6.07) is 0.448. The molecule has 1 saturated heterocycles. The lowest BCUT2D eigenvalue weighted by molar-refractivity contribution is 0.345. The summed E-state index contributed by atoms with van der Waals surface area (Å²) >= 11 is 0. The van der Waals surface area contributed by atoms with Gasteiger partial charge >= 0.3 is 0 Å². The lowest BCUT2D eigenvalue weighted by Crippen LogP contribution is -2.30. The van der Waals surface area contributed by atoms with Gasteiger partial charge in [-0.25, -0.2) is 4.98 Å². The van der Waals surface area contributed by atoms with E-state index >= 15 is 0 Å². The van der Waals surface area contributed by atoms with Gasteiger partial charge in [0.25, 0.3) is 0 Å². The molecule has 2 heterocycles. The van der Waals surface area contributed by atoms with Crippen molar-refractivity contribution < 1.29 is 4.42 Å². The van der Waals surface area contributed by atoms with Crippen molar-refractivity contribution in [3.63, 3.8) is 0 Å². The van der Waals surface area contributed by atoms with E-state index in [9.17, 15) is 0 Å². The van der Waals surface area contributed by atoms with Crippen LogP contribution in [0.15, 0.2) is 10.7 Å². The summed E-state index contributed by atoms with van der Waals surface area (Å²) in [6.45, 7) is 4.41. The fraction of sp³-hybridized carbons (Fsp3) is 0.769. The van der Waals surface area contributed by atoms with Crippen molar-refractivity contribution in [1.82, 2.24) is 15.6 Å². The molecule has 1 fully saturated rings. The number of rotatable bonds is 5. The number of piperidine rings is 1. The van der Waals surface area contributed by atoms with E-state index < -0.39 is 0 Å². The summed E-state index contributed by atoms with van der Waals surface area (Å²) in [5.74, 6) is 1.59. The van der Waals surface area contributed by atoms with Crippen LogP contribution in [0, 0.1) is 5.92 Å². The van der Waals surface area contributed by atoms with Gasteiger partial charge in [0.05, 0.1) is 5.69 Å². The monoisotopic (exact) mass is 237 g/mol. The summed E-state index contributed by atoms with van der Waals surface area (Å²) in [7, 11) is 1.97. The maximum absolute atomic E-state index is 5.55. The lowest BCUT2D eigenvalue weighted by atomic mass is 9.96. The van der Waals surface area contributed by atoms with E-state index in [0.717, 1.165) is 37.5 Å². The molecule has 2 atom stereocenters. The Morgan fingerprint density at radius 2 is 2.53 bits per heavy atom. The number of hydrogen-bond donors (Lipinski definition) is 2. The highest BCUT2D eigenvalue weighted by Gasteiger charge is 2.16. The standard InChI is InChI=1S/C13H23N3O/c1-10(14-2)6-12-9-17-13(16-12)7-11-4-3-5-15-8-11/h9-11,14-15H,3-8H2,1-2H3. The minimum Gasteiger partial charge on any atom is -0.449 e. The van der Waals surface area contributed by atoms with E-state index in [1.54, 1.807) is 6.26 Å². The number of oxazole rings is 1. The Kier molecular flexibility index (Phi) is 4.57. The van der Waals surface area contributed by atoms with Crippen LogP contribution < -0.4 is 10.6 Å². The molecular weight excluding hydrogens is 214 g/mol. The summed E-state index contributed by atoms with van der Waals surface area (Å²) in [4.78, 5) is 4.56. The fourth-order valence-corrected chi connectivity index (χ4v) is 2.30. The molecule has 1 aromatic rings. The van der Waals surface area contributed by atoms with Crippen molar-refractivity contribution in [2.45, 2.75) is 38.6 Å². The maximum Gasteiger partial charge on any atom is 0.194 e. The average Bonchev–Trinajstić information content (AvgIpc) is 2.77. The first-order chi connectivity index (χ1) is 8.28. The van der Waals surface area contributed by atoms with Crippen LogP contribution in [-0.4, -0.2) is 31.2 Å². The van der Waals surface area contributed by atoms with Crippen LogP contribution in [0.4, 0.5) is 0 Å². The Balaban J connectivity index is 1.84. The SMILES string of the molecule is CNC(C)Cc1coc(CC2CCCNC2)n1. The summed E-state index contributed by atoms with van der Waals surface area (Å²) < 4.78 is 5.55. The smallest absolute Gasteiger partial charge is 0.194 e. The number of likely N-dealkylation sites (N-methyl/N-ethyl adjacent to an activating group) is 1. The lowest BCUT2D eigenvalue weighted by Gasteiger charge is -2.21. The molecule has 0 saturated carbocycles. The zero-order chi connectivity index (χ0) is 12.1. The van der Waals surface area contributed by atoms with Gasteiger partial charge in [-0.05, 0) is 45.8 Å². The Hall–Kier alpha value is -0.870. The van der Waals surface area contributed by atoms with Gasteiger partial charge in [0.1, 0.15) is 6.26 Å². The molecule has 2 rings (SSSR count). The molecule has 0 radical (unpaired) electrons. The zero-order valence-corrected chi connectivity index (χ0v) is 10.8. The normalized spacial score (nSPS) is 22.6. The molecule has 4 nitrogen and oxygen atoms in total. The van der Waals surface area contributed by atoms with Crippen LogP contribution in [-0.2, 0) is 12.8 Å². The van der Waals surface area contributed by atoms with Gasteiger partial charge in [0, 0.05) is 18.9 Å². The van der Waals surface area contributed by atoms with Crippen molar-refractivity contribution in [3.8, 4) is 0 Å². The van der Waals surface area contributed by atoms with Gasteiger partial charge < -0.3 is 15.1 Å². The predicted octanol–water partition coefficient (Wildman–Crippen LogP) is 1.37. The van der Waals surface area contributed by atoms with Gasteiger partial charge in [0.2, 0.25) is 0 Å². The van der Waals surface area contributed by atoms with Crippen molar-refractivity contribution in [2.75, 3.05) is 20.1 Å². The zero-order valence-electron chi connectivity index (χ0n) is 10.8. The van der Waals surface area contributed by atoms with E-state index in [0.29, 0.717) is 12.0 Å². The maximum atomic E-state index is 5.55. The number of nitrogens with zero attached hydrogens (tertiary/aromatic N) is 1. The third-order valence-corrected chi connectivity index (χ3v) is 3.47. The molecule has 1 aromatic heterocycles. The van der Waals surface area contributed by atoms with E-state index in [2.05, 4.69) is 22.5 Å². The Bertz CT molecular complexity index is 331. The third-order valence-electron chi connectivity index (χ3n) is 3.47. The number of nitrogens with one attached hydrogen (secondary N) is 2. The molecule has 0 spiro atoms. The Labute approximate surface area is 103 Å². The molecule has 0 aliphatic carbocycles. The molecular formula is C13H23N3O. The first-order valence-corrected chi connectivity index (χ1v) is 6.59. The van der Waals surface area contributed by atoms with Crippen LogP contribution >= 0.6 is 0 Å². The predicted molar refractivity (Wildman–Crippen MR) is 68.0 cm³/mol. The number of aromatic nitrogens is 1. The van der Waals surface area contributed by atoms with Crippen molar-refractivity contribution in [1.29, 1.82) is 0 Å². The highest BCUT2D eigenvalue weighted by molar-refractivity contribution is 4.99. The van der Waals surface area contributed by atoms with Crippen LogP contribution in [0.5, 0.6) is 0 Å². The Morgan fingerprint density at radius 3 is 3.24 bits per heavy atom. The van der Waals surface area contributed by atoms with Gasteiger partial charge in [0.15, 0.2) is 5.89 Å². The van der Waals surface area contributed by atoms with E-state index in [1.807, 2.05) is 7.05 Å². The molecule has 0 amide bonds. The first-order valence-electron chi connectivity index (χ1n) is 6.59. The summed E-state index contributed by atoms with van der Waals surface area (Å²) in [5.41, 5.74) is 1.06. The van der Waals surface area contributed by atoms with Gasteiger partial charge in [-0.3, -0.25) is 0 Å². The summed E-state index contributed by atoms with van der Waals surface area (Å²) in [6.07, 6.45) is 6.27. The first kappa shape index (κ1) is 12.6. The molecule has 96 valence electrons. The largest absolute Gasteiger partial charge is 0.449 e. The second-order valence-corrected chi connectivity index (χ2v) is 5.04. The average molecular weight is 237 g/mol. The van der Waals surface area contributed by atoms with Crippen LogP contribution in [0.3, 0.4) is 0 Å². The molecule has 17 heavy (non-hydrogen) atoms. The van der Waals surface area contributed by atoms with E-state index in [1.165, 1.54) is 12.8 Å². The van der Waals surface area contributed by atoms with Crippen LogP contribution in [0.1, 0.15) is 31.4 Å². The van der Waals surface area contributed by atoms with Crippen LogP contribution in [0.2, 0.25) is 0 Å². The second kappa shape index (κ2) is 6.17. The molecule has 0 bridgehead atoms. The third kappa shape index (κ3) is 3.82. The Morgan fingerprint density at radius 1 is 1.65 bits per heavy atom. The quantitative estimate of drug-likeness (QED) is 0.812. The van der Waals surface area contributed by atoms with Gasteiger partial charge in [-0.1, -0.05) is 0 Å². The minimum atomic E-state index is 0.448. The van der Waals surface area contributed by atoms with Crippen molar-refractivity contribution in [2.24, 2.45) is 5.92 Å².